The lowest BCUT2D eigenvalue weighted by atomic mass is 10.1. The number of rotatable bonds is 9. The molecule has 0 unspecified atom stereocenters. The van der Waals surface area contributed by atoms with Crippen LogP contribution in [-0.4, -0.2) is 38.5 Å². The molecule has 1 atom stereocenters. The zero-order valence-corrected chi connectivity index (χ0v) is 15.1. The van der Waals surface area contributed by atoms with Gasteiger partial charge in [-0.05, 0) is 30.7 Å². The van der Waals surface area contributed by atoms with Crippen molar-refractivity contribution >= 4 is 18.2 Å². The molecule has 27 heavy (non-hydrogen) atoms. The van der Waals surface area contributed by atoms with Gasteiger partial charge in [0, 0.05) is 5.56 Å². The van der Waals surface area contributed by atoms with Crippen LogP contribution in [0.15, 0.2) is 48.5 Å². The molecule has 142 valence electrons. The Morgan fingerprint density at radius 1 is 1.07 bits per heavy atom. The van der Waals surface area contributed by atoms with Crippen LogP contribution in [0.1, 0.15) is 28.9 Å². The molecule has 0 aliphatic carbocycles. The standard InChI is InChI=1S/C20H21NO6/c1-14(16-6-4-3-5-7-16)21-19(23)12-27-20(24)13-26-17-9-8-15(11-22)10-18(17)25-2/h3-11,14H,12-13H2,1-2H3,(H,21,23)/t14-/m0/s1. The molecule has 0 heterocycles. The van der Waals surface area contributed by atoms with E-state index in [4.69, 9.17) is 14.2 Å². The first kappa shape index (κ1) is 20.0. The van der Waals surface area contributed by atoms with E-state index in [2.05, 4.69) is 5.32 Å². The number of hydrogen-bond acceptors (Lipinski definition) is 6. The normalized spacial score (nSPS) is 11.2. The Kier molecular flexibility index (Phi) is 7.37. The summed E-state index contributed by atoms with van der Waals surface area (Å²) in [7, 11) is 1.42. The molecule has 2 rings (SSSR count). The predicted octanol–water partition coefficient (Wildman–Crippen LogP) is 2.31. The van der Waals surface area contributed by atoms with Crippen LogP contribution >= 0.6 is 0 Å². The fourth-order valence-corrected chi connectivity index (χ4v) is 2.31. The zero-order valence-electron chi connectivity index (χ0n) is 15.1. The summed E-state index contributed by atoms with van der Waals surface area (Å²) in [4.78, 5) is 34.4. The fourth-order valence-electron chi connectivity index (χ4n) is 2.31. The molecule has 0 aromatic heterocycles. The van der Waals surface area contributed by atoms with Crippen molar-refractivity contribution in [3.8, 4) is 11.5 Å². The molecular weight excluding hydrogens is 350 g/mol. The van der Waals surface area contributed by atoms with Crippen LogP contribution in [0.3, 0.4) is 0 Å². The van der Waals surface area contributed by atoms with Crippen molar-refractivity contribution in [3.05, 3.63) is 59.7 Å². The number of hydrogen-bond donors (Lipinski definition) is 1. The van der Waals surface area contributed by atoms with Gasteiger partial charge in [0.1, 0.15) is 6.29 Å². The van der Waals surface area contributed by atoms with Gasteiger partial charge in [0.15, 0.2) is 24.7 Å². The minimum atomic E-state index is -0.695. The van der Waals surface area contributed by atoms with Crippen molar-refractivity contribution < 1.29 is 28.6 Å². The molecule has 0 saturated carbocycles. The molecule has 1 N–H and O–H groups in total. The second-order valence-electron chi connectivity index (χ2n) is 5.68. The van der Waals surface area contributed by atoms with Crippen LogP contribution < -0.4 is 14.8 Å². The largest absolute Gasteiger partial charge is 0.493 e. The Bertz CT molecular complexity index is 790. The Balaban J connectivity index is 1.77. The lowest BCUT2D eigenvalue weighted by Crippen LogP contribution is -2.31. The molecule has 0 fully saturated rings. The number of carbonyl (C=O) groups is 3. The van der Waals surface area contributed by atoms with Gasteiger partial charge < -0.3 is 19.5 Å². The lowest BCUT2D eigenvalue weighted by molar-refractivity contribution is -0.150. The average molecular weight is 371 g/mol. The van der Waals surface area contributed by atoms with Gasteiger partial charge in [-0.1, -0.05) is 30.3 Å². The van der Waals surface area contributed by atoms with Gasteiger partial charge in [-0.3, -0.25) is 9.59 Å². The highest BCUT2D eigenvalue weighted by Gasteiger charge is 2.13. The van der Waals surface area contributed by atoms with Gasteiger partial charge in [-0.15, -0.1) is 0 Å². The lowest BCUT2D eigenvalue weighted by Gasteiger charge is -2.14. The van der Waals surface area contributed by atoms with Crippen LogP contribution in [-0.2, 0) is 14.3 Å². The summed E-state index contributed by atoms with van der Waals surface area (Å²) < 4.78 is 15.3. The van der Waals surface area contributed by atoms with Crippen LogP contribution in [0.2, 0.25) is 0 Å². The summed E-state index contributed by atoms with van der Waals surface area (Å²) in [5.74, 6) is -0.490. The van der Waals surface area contributed by atoms with Gasteiger partial charge in [0.2, 0.25) is 0 Å². The second-order valence-corrected chi connectivity index (χ2v) is 5.68. The van der Waals surface area contributed by atoms with E-state index in [0.29, 0.717) is 23.3 Å². The van der Waals surface area contributed by atoms with Crippen LogP contribution in [0, 0.1) is 0 Å². The number of benzene rings is 2. The highest BCUT2D eigenvalue weighted by atomic mass is 16.6. The van der Waals surface area contributed by atoms with E-state index in [0.717, 1.165) is 5.56 Å². The molecule has 0 aliphatic rings. The number of aldehydes is 1. The van der Waals surface area contributed by atoms with E-state index in [-0.39, 0.29) is 6.04 Å². The van der Waals surface area contributed by atoms with Crippen molar-refractivity contribution in [2.24, 2.45) is 0 Å². The van der Waals surface area contributed by atoms with Crippen molar-refractivity contribution in [1.82, 2.24) is 5.32 Å². The van der Waals surface area contributed by atoms with Crippen molar-refractivity contribution in [2.45, 2.75) is 13.0 Å². The Morgan fingerprint density at radius 2 is 1.81 bits per heavy atom. The predicted molar refractivity (Wildman–Crippen MR) is 97.8 cm³/mol. The molecule has 0 aliphatic heterocycles. The molecule has 2 aromatic carbocycles. The number of nitrogens with one attached hydrogen (secondary N) is 1. The van der Waals surface area contributed by atoms with Crippen LogP contribution in [0.25, 0.3) is 0 Å². The number of methoxy groups -OCH3 is 1. The molecule has 7 heteroatoms. The van der Waals surface area contributed by atoms with E-state index in [9.17, 15) is 14.4 Å². The SMILES string of the molecule is COc1cc(C=O)ccc1OCC(=O)OCC(=O)N[C@@H](C)c1ccccc1. The second kappa shape index (κ2) is 9.96. The maximum Gasteiger partial charge on any atom is 0.344 e. The number of carbonyl (C=O) groups excluding carboxylic acids is 3. The van der Waals surface area contributed by atoms with Gasteiger partial charge in [0.05, 0.1) is 13.2 Å². The first-order chi connectivity index (χ1) is 13.0. The van der Waals surface area contributed by atoms with Gasteiger partial charge in [-0.25, -0.2) is 4.79 Å². The Labute approximate surface area is 157 Å². The summed E-state index contributed by atoms with van der Waals surface area (Å²) in [6.45, 7) is 1.05. The smallest absolute Gasteiger partial charge is 0.344 e. The third-order valence-electron chi connectivity index (χ3n) is 3.71. The first-order valence-electron chi connectivity index (χ1n) is 8.29. The molecule has 0 bridgehead atoms. The van der Waals surface area contributed by atoms with E-state index in [1.807, 2.05) is 37.3 Å². The summed E-state index contributed by atoms with van der Waals surface area (Å²) >= 11 is 0. The van der Waals surface area contributed by atoms with Crippen molar-refractivity contribution in [3.63, 3.8) is 0 Å². The van der Waals surface area contributed by atoms with E-state index in [1.54, 1.807) is 0 Å². The minimum Gasteiger partial charge on any atom is -0.493 e. The van der Waals surface area contributed by atoms with Gasteiger partial charge in [-0.2, -0.15) is 0 Å². The number of esters is 1. The highest BCUT2D eigenvalue weighted by Crippen LogP contribution is 2.27. The maximum absolute atomic E-state index is 11.9. The minimum absolute atomic E-state index is 0.200. The molecule has 0 radical (unpaired) electrons. The van der Waals surface area contributed by atoms with Crippen molar-refractivity contribution in [1.29, 1.82) is 0 Å². The van der Waals surface area contributed by atoms with Gasteiger partial charge >= 0.3 is 5.97 Å². The number of amides is 1. The highest BCUT2D eigenvalue weighted by molar-refractivity contribution is 5.81. The van der Waals surface area contributed by atoms with Crippen LogP contribution in [0.4, 0.5) is 0 Å². The topological polar surface area (TPSA) is 90.9 Å². The summed E-state index contributed by atoms with van der Waals surface area (Å²) in [5, 5.41) is 2.75. The molecule has 0 saturated heterocycles. The third-order valence-corrected chi connectivity index (χ3v) is 3.71. The quantitative estimate of drug-likeness (QED) is 0.537. The molecular formula is C20H21NO6. The summed E-state index contributed by atoms with van der Waals surface area (Å²) in [6, 6.07) is 13.8. The zero-order chi connectivity index (χ0) is 19.6. The van der Waals surface area contributed by atoms with E-state index in [1.165, 1.54) is 25.3 Å². The Hall–Kier alpha value is -3.35. The first-order valence-corrected chi connectivity index (χ1v) is 8.29. The number of ether oxygens (including phenoxy) is 3. The molecule has 2 aromatic rings. The monoisotopic (exact) mass is 371 g/mol. The fraction of sp³-hybridized carbons (Fsp3) is 0.250. The maximum atomic E-state index is 11.9. The van der Waals surface area contributed by atoms with Crippen molar-refractivity contribution in [2.75, 3.05) is 20.3 Å². The molecule has 1 amide bonds. The van der Waals surface area contributed by atoms with E-state index >= 15 is 0 Å². The molecule has 7 nitrogen and oxygen atoms in total. The van der Waals surface area contributed by atoms with Gasteiger partial charge in [0.25, 0.3) is 5.91 Å². The van der Waals surface area contributed by atoms with E-state index < -0.39 is 25.1 Å². The average Bonchev–Trinajstić information content (AvgIpc) is 2.71. The van der Waals surface area contributed by atoms with Crippen LogP contribution in [0.5, 0.6) is 11.5 Å². The Morgan fingerprint density at radius 3 is 2.48 bits per heavy atom. The molecule has 0 spiro atoms. The summed E-state index contributed by atoms with van der Waals surface area (Å²) in [6.07, 6.45) is 0.676. The third kappa shape index (κ3) is 6.14. The summed E-state index contributed by atoms with van der Waals surface area (Å²) in [5.41, 5.74) is 1.37.